The summed E-state index contributed by atoms with van der Waals surface area (Å²) in [5.41, 5.74) is 5.12. The molecule has 0 aromatic rings. The number of aliphatic imine (C=N–C) groups is 1. The molecule has 0 spiro atoms. The van der Waals surface area contributed by atoms with E-state index in [9.17, 15) is 9.59 Å². The number of carbonyl (C=O) groups is 1. The highest BCUT2D eigenvalue weighted by atomic mass is 16.1. The molecule has 0 aromatic heterocycles. The van der Waals surface area contributed by atoms with E-state index in [0.717, 1.165) is 0 Å². The number of nitrogens with zero attached hydrogens (tertiary/aromatic N) is 1. The van der Waals surface area contributed by atoms with E-state index in [-0.39, 0.29) is 12.1 Å². The molecule has 0 unspecified atom stereocenters. The molecule has 0 fully saturated rings. The van der Waals surface area contributed by atoms with Crippen molar-refractivity contribution in [3.05, 3.63) is 12.2 Å². The van der Waals surface area contributed by atoms with E-state index >= 15 is 0 Å². The summed E-state index contributed by atoms with van der Waals surface area (Å²) in [6.07, 6.45) is 1.67. The molecule has 0 aromatic carbocycles. The van der Waals surface area contributed by atoms with E-state index in [1.54, 1.807) is 0 Å². The number of hydrogen-bond donors (Lipinski definition) is 1. The minimum atomic E-state index is -0.555. The van der Waals surface area contributed by atoms with Crippen molar-refractivity contribution in [2.75, 3.05) is 6.54 Å². The number of primary amides is 1. The van der Waals surface area contributed by atoms with Gasteiger partial charge in [0.2, 0.25) is 12.0 Å². The predicted molar refractivity (Wildman–Crippen MR) is 35.9 cm³/mol. The molecule has 0 aliphatic rings. The molecule has 1 amide bonds. The van der Waals surface area contributed by atoms with Crippen LogP contribution in [0, 0.1) is 0 Å². The lowest BCUT2D eigenvalue weighted by molar-refractivity contribution is -0.114. The lowest BCUT2D eigenvalue weighted by Crippen LogP contribution is -2.13. The fraction of sp³-hybridized carbons (Fsp3) is 0.333. The van der Waals surface area contributed by atoms with Crippen LogP contribution < -0.4 is 5.73 Å². The second-order valence-corrected chi connectivity index (χ2v) is 1.69. The third kappa shape index (κ3) is 3.57. The second-order valence-electron chi connectivity index (χ2n) is 1.69. The molecule has 2 N–H and O–H groups in total. The minimum absolute atomic E-state index is 0.227. The molecule has 0 atom stereocenters. The fourth-order valence-electron chi connectivity index (χ4n) is 0.360. The third-order valence-electron chi connectivity index (χ3n) is 0.938. The molecular formula is C6H8N2O2. The van der Waals surface area contributed by atoms with Gasteiger partial charge in [0.05, 0.1) is 6.54 Å². The van der Waals surface area contributed by atoms with Crippen molar-refractivity contribution in [1.29, 1.82) is 0 Å². The molecule has 0 heterocycles. The molecule has 10 heavy (non-hydrogen) atoms. The van der Waals surface area contributed by atoms with Crippen LogP contribution >= 0.6 is 0 Å². The van der Waals surface area contributed by atoms with Crippen LogP contribution in [-0.4, -0.2) is 18.5 Å². The Kier molecular flexibility index (Phi) is 3.84. The quantitative estimate of drug-likeness (QED) is 0.332. The molecular weight excluding hydrogens is 132 g/mol. The van der Waals surface area contributed by atoms with Crippen LogP contribution in [0.2, 0.25) is 0 Å². The lowest BCUT2D eigenvalue weighted by atomic mass is 10.2. The van der Waals surface area contributed by atoms with Crippen LogP contribution in [0.5, 0.6) is 0 Å². The van der Waals surface area contributed by atoms with E-state index in [0.29, 0.717) is 6.42 Å². The summed E-state index contributed by atoms with van der Waals surface area (Å²) in [5, 5.41) is 0. The number of hydrogen-bond acceptors (Lipinski definition) is 3. The molecule has 0 rings (SSSR count). The molecule has 0 radical (unpaired) electrons. The molecule has 4 heteroatoms. The van der Waals surface area contributed by atoms with Crippen molar-refractivity contribution in [2.24, 2.45) is 10.7 Å². The van der Waals surface area contributed by atoms with Gasteiger partial charge in [0.25, 0.3) is 0 Å². The Morgan fingerprint density at radius 3 is 2.70 bits per heavy atom. The Morgan fingerprint density at radius 1 is 1.70 bits per heavy atom. The largest absolute Gasteiger partial charge is 0.366 e. The Hall–Kier alpha value is -1.41. The standard InChI is InChI=1S/C6H8N2O2/c1-5(6(7)10)2-3-8-4-9/h1-3H2,(H2,7,10). The van der Waals surface area contributed by atoms with E-state index in [1.165, 1.54) is 6.08 Å². The SMILES string of the molecule is C=C(CCN=C=O)C(N)=O. The first kappa shape index (κ1) is 8.59. The monoisotopic (exact) mass is 140 g/mol. The Morgan fingerprint density at radius 2 is 2.30 bits per heavy atom. The summed E-state index contributed by atoms with van der Waals surface area (Å²) >= 11 is 0. The molecule has 54 valence electrons. The summed E-state index contributed by atoms with van der Waals surface area (Å²) in [6, 6.07) is 0. The summed E-state index contributed by atoms with van der Waals surface area (Å²) in [5.74, 6) is -0.555. The predicted octanol–water partition coefficient (Wildman–Crippen LogP) is -0.246. The normalized spacial score (nSPS) is 8.00. The van der Waals surface area contributed by atoms with E-state index < -0.39 is 5.91 Å². The molecule has 0 saturated heterocycles. The average Bonchev–Trinajstić information content (AvgIpc) is 1.88. The Balaban J connectivity index is 3.60. The molecule has 4 nitrogen and oxygen atoms in total. The van der Waals surface area contributed by atoms with Crippen LogP contribution in [0.15, 0.2) is 17.1 Å². The van der Waals surface area contributed by atoms with Crippen LogP contribution in [0.1, 0.15) is 6.42 Å². The summed E-state index contributed by atoms with van der Waals surface area (Å²) in [6.45, 7) is 3.59. The van der Waals surface area contributed by atoms with Gasteiger partial charge in [-0.1, -0.05) is 6.58 Å². The highest BCUT2D eigenvalue weighted by Crippen LogP contribution is 1.94. The van der Waals surface area contributed by atoms with Gasteiger partial charge in [-0.3, -0.25) is 4.79 Å². The fourth-order valence-corrected chi connectivity index (χ4v) is 0.360. The lowest BCUT2D eigenvalue weighted by Gasteiger charge is -1.93. The molecule has 0 aliphatic heterocycles. The first-order valence-corrected chi connectivity index (χ1v) is 2.69. The number of isocyanates is 1. The van der Waals surface area contributed by atoms with Gasteiger partial charge in [-0.15, -0.1) is 0 Å². The zero-order valence-corrected chi connectivity index (χ0v) is 5.46. The number of carbonyl (C=O) groups excluding carboxylic acids is 2. The van der Waals surface area contributed by atoms with Crippen molar-refractivity contribution in [1.82, 2.24) is 0 Å². The molecule has 0 bridgehead atoms. The smallest absolute Gasteiger partial charge is 0.244 e. The van der Waals surface area contributed by atoms with Gasteiger partial charge in [-0.05, 0) is 6.42 Å². The third-order valence-corrected chi connectivity index (χ3v) is 0.938. The summed E-state index contributed by atoms with van der Waals surface area (Å²) in [7, 11) is 0. The molecule has 0 saturated carbocycles. The van der Waals surface area contributed by atoms with Gasteiger partial charge in [0, 0.05) is 5.57 Å². The topological polar surface area (TPSA) is 72.5 Å². The maximum Gasteiger partial charge on any atom is 0.244 e. The van der Waals surface area contributed by atoms with Gasteiger partial charge in [0.1, 0.15) is 0 Å². The maximum atomic E-state index is 10.3. The van der Waals surface area contributed by atoms with Crippen molar-refractivity contribution >= 4 is 12.0 Å². The zero-order chi connectivity index (χ0) is 7.98. The highest BCUT2D eigenvalue weighted by Gasteiger charge is 1.98. The van der Waals surface area contributed by atoms with Crippen molar-refractivity contribution in [3.63, 3.8) is 0 Å². The van der Waals surface area contributed by atoms with Gasteiger partial charge in [-0.25, -0.2) is 9.79 Å². The first-order chi connectivity index (χ1) is 4.68. The van der Waals surface area contributed by atoms with Gasteiger partial charge in [0.15, 0.2) is 0 Å². The first-order valence-electron chi connectivity index (χ1n) is 2.69. The van der Waals surface area contributed by atoms with Crippen molar-refractivity contribution in [2.45, 2.75) is 6.42 Å². The maximum absolute atomic E-state index is 10.3. The van der Waals surface area contributed by atoms with E-state index in [1.807, 2.05) is 0 Å². The van der Waals surface area contributed by atoms with Crippen LogP contribution in [0.3, 0.4) is 0 Å². The highest BCUT2D eigenvalue weighted by molar-refractivity contribution is 5.91. The van der Waals surface area contributed by atoms with E-state index in [4.69, 9.17) is 5.73 Å². The van der Waals surface area contributed by atoms with Crippen LogP contribution in [0.25, 0.3) is 0 Å². The van der Waals surface area contributed by atoms with Gasteiger partial charge >= 0.3 is 0 Å². The number of amides is 1. The second kappa shape index (κ2) is 4.47. The van der Waals surface area contributed by atoms with Gasteiger partial charge in [-0.2, -0.15) is 0 Å². The number of nitrogens with two attached hydrogens (primary N) is 1. The van der Waals surface area contributed by atoms with E-state index in [2.05, 4.69) is 11.6 Å². The van der Waals surface area contributed by atoms with Gasteiger partial charge < -0.3 is 5.73 Å². The zero-order valence-electron chi connectivity index (χ0n) is 5.46. The van der Waals surface area contributed by atoms with Crippen LogP contribution in [0.4, 0.5) is 0 Å². The Bertz CT molecular complexity index is 192. The van der Waals surface area contributed by atoms with Crippen molar-refractivity contribution in [3.8, 4) is 0 Å². The summed E-state index contributed by atoms with van der Waals surface area (Å²) in [4.78, 5) is 23.0. The average molecular weight is 140 g/mol. The summed E-state index contributed by atoms with van der Waals surface area (Å²) < 4.78 is 0. The van der Waals surface area contributed by atoms with Crippen molar-refractivity contribution < 1.29 is 9.59 Å². The number of rotatable bonds is 4. The minimum Gasteiger partial charge on any atom is -0.366 e. The Labute approximate surface area is 58.4 Å². The van der Waals surface area contributed by atoms with Crippen LogP contribution in [-0.2, 0) is 9.59 Å². The molecule has 0 aliphatic carbocycles.